The first-order chi connectivity index (χ1) is 10.0. The van der Waals surface area contributed by atoms with Crippen LogP contribution in [0.3, 0.4) is 0 Å². The Balaban J connectivity index is 1.90. The first-order valence-corrected chi connectivity index (χ1v) is 6.88. The summed E-state index contributed by atoms with van der Waals surface area (Å²) in [4.78, 5) is 16.4. The standard InChI is InChI=1S/C15H10Cl2N2O2/c1-19-8-18-13-7-10(3-5-14(13)19)21-15(20)11-6-9(16)2-4-12(11)17/h2-8H,1H3. The number of imidazole rings is 1. The van der Waals surface area contributed by atoms with Crippen LogP contribution in [0.25, 0.3) is 11.0 Å². The fourth-order valence-electron chi connectivity index (χ4n) is 2.00. The maximum absolute atomic E-state index is 12.1. The van der Waals surface area contributed by atoms with E-state index in [-0.39, 0.29) is 5.56 Å². The van der Waals surface area contributed by atoms with Crippen molar-refractivity contribution in [1.82, 2.24) is 9.55 Å². The summed E-state index contributed by atoms with van der Waals surface area (Å²) in [5, 5.41) is 0.717. The number of fused-ring (bicyclic) bond motifs is 1. The van der Waals surface area contributed by atoms with Gasteiger partial charge in [0.15, 0.2) is 0 Å². The monoisotopic (exact) mass is 320 g/mol. The number of aromatic nitrogens is 2. The van der Waals surface area contributed by atoms with Gasteiger partial charge in [-0.3, -0.25) is 0 Å². The third-order valence-corrected chi connectivity index (χ3v) is 3.62. The maximum atomic E-state index is 12.1. The molecule has 106 valence electrons. The van der Waals surface area contributed by atoms with E-state index in [1.807, 2.05) is 17.7 Å². The molecule has 6 heteroatoms. The Morgan fingerprint density at radius 2 is 2.00 bits per heavy atom. The number of aryl methyl sites for hydroxylation is 1. The molecule has 0 atom stereocenters. The molecule has 0 unspecified atom stereocenters. The minimum Gasteiger partial charge on any atom is -0.423 e. The third kappa shape index (κ3) is 2.73. The van der Waals surface area contributed by atoms with Crippen molar-refractivity contribution in [2.45, 2.75) is 0 Å². The van der Waals surface area contributed by atoms with Gasteiger partial charge in [-0.2, -0.15) is 0 Å². The van der Waals surface area contributed by atoms with Crippen LogP contribution in [0, 0.1) is 0 Å². The summed E-state index contributed by atoms with van der Waals surface area (Å²) in [5.74, 6) is -0.153. The molecular weight excluding hydrogens is 311 g/mol. The number of carbonyl (C=O) groups is 1. The third-order valence-electron chi connectivity index (χ3n) is 3.06. The maximum Gasteiger partial charge on any atom is 0.345 e. The number of carbonyl (C=O) groups excluding carboxylic acids is 1. The van der Waals surface area contributed by atoms with Crippen molar-refractivity contribution in [3.05, 3.63) is 58.3 Å². The molecule has 3 rings (SSSR count). The molecule has 0 amide bonds. The number of hydrogen-bond acceptors (Lipinski definition) is 3. The van der Waals surface area contributed by atoms with Gasteiger partial charge in [0.1, 0.15) is 5.75 Å². The Kier molecular flexibility index (Phi) is 3.57. The highest BCUT2D eigenvalue weighted by atomic mass is 35.5. The highest BCUT2D eigenvalue weighted by Crippen LogP contribution is 2.24. The first kappa shape index (κ1) is 13.9. The minimum absolute atomic E-state index is 0.227. The zero-order chi connectivity index (χ0) is 15.0. The SMILES string of the molecule is Cn1cnc2cc(OC(=O)c3cc(Cl)ccc3Cl)ccc21. The number of hydrogen-bond donors (Lipinski definition) is 0. The lowest BCUT2D eigenvalue weighted by Crippen LogP contribution is -2.09. The van der Waals surface area contributed by atoms with E-state index in [2.05, 4.69) is 4.98 Å². The van der Waals surface area contributed by atoms with E-state index >= 15 is 0 Å². The number of rotatable bonds is 2. The van der Waals surface area contributed by atoms with Gasteiger partial charge >= 0.3 is 5.97 Å². The summed E-state index contributed by atoms with van der Waals surface area (Å²) in [6.45, 7) is 0. The topological polar surface area (TPSA) is 44.1 Å². The van der Waals surface area contributed by atoms with E-state index in [1.54, 1.807) is 30.6 Å². The quantitative estimate of drug-likeness (QED) is 0.527. The average Bonchev–Trinajstić information content (AvgIpc) is 2.82. The molecule has 4 nitrogen and oxygen atoms in total. The van der Waals surface area contributed by atoms with Crippen LogP contribution in [-0.4, -0.2) is 15.5 Å². The van der Waals surface area contributed by atoms with Crippen LogP contribution < -0.4 is 4.74 Å². The van der Waals surface area contributed by atoms with Gasteiger partial charge in [-0.05, 0) is 30.3 Å². The Labute approximate surface area is 130 Å². The first-order valence-electron chi connectivity index (χ1n) is 6.13. The molecule has 0 radical (unpaired) electrons. The highest BCUT2D eigenvalue weighted by molar-refractivity contribution is 6.35. The molecule has 2 aromatic carbocycles. The van der Waals surface area contributed by atoms with E-state index in [1.165, 1.54) is 6.07 Å². The lowest BCUT2D eigenvalue weighted by atomic mass is 10.2. The zero-order valence-corrected chi connectivity index (χ0v) is 12.5. The lowest BCUT2D eigenvalue weighted by Gasteiger charge is -2.06. The Morgan fingerprint density at radius 1 is 1.19 bits per heavy atom. The summed E-state index contributed by atoms with van der Waals surface area (Å²) in [6, 6.07) is 9.89. The number of ether oxygens (including phenoxy) is 1. The Bertz CT molecular complexity index is 843. The van der Waals surface area contributed by atoms with Crippen molar-refractivity contribution in [2.75, 3.05) is 0 Å². The van der Waals surface area contributed by atoms with E-state index in [4.69, 9.17) is 27.9 Å². The summed E-state index contributed by atoms with van der Waals surface area (Å²) < 4.78 is 7.21. The summed E-state index contributed by atoms with van der Waals surface area (Å²) >= 11 is 11.8. The van der Waals surface area contributed by atoms with Crippen LogP contribution in [0.2, 0.25) is 10.0 Å². The number of benzene rings is 2. The predicted octanol–water partition coefficient (Wildman–Crippen LogP) is 4.10. The number of esters is 1. The summed E-state index contributed by atoms with van der Waals surface area (Å²) in [6.07, 6.45) is 1.70. The summed E-state index contributed by atoms with van der Waals surface area (Å²) in [7, 11) is 1.90. The Hall–Kier alpha value is -2.04. The predicted molar refractivity (Wildman–Crippen MR) is 82.1 cm³/mol. The molecule has 21 heavy (non-hydrogen) atoms. The second-order valence-corrected chi connectivity index (χ2v) is 5.36. The molecular formula is C15H10Cl2N2O2. The van der Waals surface area contributed by atoms with Crippen LogP contribution in [0.5, 0.6) is 5.75 Å². The van der Waals surface area contributed by atoms with Crippen molar-refractivity contribution in [1.29, 1.82) is 0 Å². The van der Waals surface area contributed by atoms with Crippen molar-refractivity contribution < 1.29 is 9.53 Å². The molecule has 1 heterocycles. The summed E-state index contributed by atoms with van der Waals surface area (Å²) in [5.41, 5.74) is 1.93. The van der Waals surface area contributed by atoms with Crippen LogP contribution in [0.4, 0.5) is 0 Å². The molecule has 0 bridgehead atoms. The van der Waals surface area contributed by atoms with Gasteiger partial charge in [0.05, 0.1) is 27.9 Å². The van der Waals surface area contributed by atoms with Crippen molar-refractivity contribution in [3.63, 3.8) is 0 Å². The molecule has 0 saturated heterocycles. The van der Waals surface area contributed by atoms with E-state index in [9.17, 15) is 4.79 Å². The second kappa shape index (κ2) is 5.39. The zero-order valence-electron chi connectivity index (χ0n) is 11.0. The molecule has 0 saturated carbocycles. The van der Waals surface area contributed by atoms with Crippen LogP contribution >= 0.6 is 23.2 Å². The van der Waals surface area contributed by atoms with Gasteiger partial charge in [-0.15, -0.1) is 0 Å². The van der Waals surface area contributed by atoms with Crippen LogP contribution in [0.1, 0.15) is 10.4 Å². The van der Waals surface area contributed by atoms with Gasteiger partial charge in [-0.1, -0.05) is 23.2 Å². The fourth-order valence-corrected chi connectivity index (χ4v) is 2.36. The number of nitrogens with zero attached hydrogens (tertiary/aromatic N) is 2. The molecule has 0 aliphatic rings. The Morgan fingerprint density at radius 3 is 2.81 bits per heavy atom. The molecule has 1 aromatic heterocycles. The smallest absolute Gasteiger partial charge is 0.345 e. The van der Waals surface area contributed by atoms with E-state index in [0.29, 0.717) is 15.8 Å². The van der Waals surface area contributed by atoms with Gasteiger partial charge in [0, 0.05) is 18.1 Å². The fraction of sp³-hybridized carbons (Fsp3) is 0.0667. The average molecular weight is 321 g/mol. The van der Waals surface area contributed by atoms with Crippen LogP contribution in [0.15, 0.2) is 42.7 Å². The van der Waals surface area contributed by atoms with Crippen LogP contribution in [-0.2, 0) is 7.05 Å². The highest BCUT2D eigenvalue weighted by Gasteiger charge is 2.14. The second-order valence-electron chi connectivity index (χ2n) is 4.52. The van der Waals surface area contributed by atoms with Gasteiger partial charge in [0.2, 0.25) is 0 Å². The van der Waals surface area contributed by atoms with Gasteiger partial charge < -0.3 is 9.30 Å². The minimum atomic E-state index is -0.558. The molecule has 3 aromatic rings. The van der Waals surface area contributed by atoms with E-state index in [0.717, 1.165) is 11.0 Å². The number of halogens is 2. The molecule has 0 spiro atoms. The van der Waals surface area contributed by atoms with Crippen molar-refractivity contribution in [2.24, 2.45) is 7.05 Å². The molecule has 0 aliphatic heterocycles. The molecule has 0 fully saturated rings. The molecule has 0 aliphatic carbocycles. The van der Waals surface area contributed by atoms with Crippen molar-refractivity contribution >= 4 is 40.2 Å². The van der Waals surface area contributed by atoms with Crippen molar-refractivity contribution in [3.8, 4) is 5.75 Å². The lowest BCUT2D eigenvalue weighted by molar-refractivity contribution is 0.0735. The largest absolute Gasteiger partial charge is 0.423 e. The normalized spacial score (nSPS) is 10.8. The van der Waals surface area contributed by atoms with E-state index < -0.39 is 5.97 Å². The van der Waals surface area contributed by atoms with Gasteiger partial charge in [-0.25, -0.2) is 9.78 Å². The van der Waals surface area contributed by atoms with Gasteiger partial charge in [0.25, 0.3) is 0 Å². The molecule has 0 N–H and O–H groups in total.